The van der Waals surface area contributed by atoms with Crippen LogP contribution in [0.15, 0.2) is 18.3 Å². The number of carbonyl (C=O) groups excluding carboxylic acids is 1. The summed E-state index contributed by atoms with van der Waals surface area (Å²) in [5, 5.41) is 11.9. The molecule has 0 radical (unpaired) electrons. The minimum atomic E-state index is -0.781. The SMILES string of the molecule is O=C(N[C@@H]1CC[C@H](C(=O)O)C1)c1ccc(OC2CCCC2)nc1. The molecule has 2 saturated carbocycles. The van der Waals surface area contributed by atoms with Gasteiger partial charge >= 0.3 is 5.97 Å². The summed E-state index contributed by atoms with van der Waals surface area (Å²) < 4.78 is 5.78. The summed E-state index contributed by atoms with van der Waals surface area (Å²) in [7, 11) is 0. The highest BCUT2D eigenvalue weighted by molar-refractivity contribution is 5.94. The molecule has 2 N–H and O–H groups in total. The molecule has 2 atom stereocenters. The molecule has 6 nitrogen and oxygen atoms in total. The number of aromatic nitrogens is 1. The molecule has 2 aliphatic carbocycles. The molecule has 1 amide bonds. The molecular weight excluding hydrogens is 296 g/mol. The molecule has 6 heteroatoms. The van der Waals surface area contributed by atoms with Crippen molar-refractivity contribution in [2.45, 2.75) is 57.1 Å². The maximum absolute atomic E-state index is 12.2. The Labute approximate surface area is 135 Å². The summed E-state index contributed by atoms with van der Waals surface area (Å²) in [4.78, 5) is 27.3. The van der Waals surface area contributed by atoms with Gasteiger partial charge in [0.1, 0.15) is 6.10 Å². The molecule has 23 heavy (non-hydrogen) atoms. The van der Waals surface area contributed by atoms with Gasteiger partial charge in [-0.05, 0) is 51.0 Å². The van der Waals surface area contributed by atoms with E-state index in [2.05, 4.69) is 10.3 Å². The molecule has 124 valence electrons. The van der Waals surface area contributed by atoms with Crippen LogP contribution in [0, 0.1) is 5.92 Å². The first-order valence-electron chi connectivity index (χ1n) is 8.28. The molecule has 0 bridgehead atoms. The maximum Gasteiger partial charge on any atom is 0.306 e. The third kappa shape index (κ3) is 4.00. The average Bonchev–Trinajstić information content (AvgIpc) is 3.19. The van der Waals surface area contributed by atoms with Crippen molar-refractivity contribution < 1.29 is 19.4 Å². The summed E-state index contributed by atoms with van der Waals surface area (Å²) in [6, 6.07) is 3.36. The monoisotopic (exact) mass is 318 g/mol. The topological polar surface area (TPSA) is 88.5 Å². The van der Waals surface area contributed by atoms with E-state index in [0.717, 1.165) is 12.8 Å². The van der Waals surface area contributed by atoms with E-state index in [1.54, 1.807) is 12.1 Å². The highest BCUT2D eigenvalue weighted by atomic mass is 16.5. The van der Waals surface area contributed by atoms with E-state index in [4.69, 9.17) is 9.84 Å². The number of carbonyl (C=O) groups is 2. The highest BCUT2D eigenvalue weighted by Gasteiger charge is 2.30. The predicted octanol–water partition coefficient (Wildman–Crippen LogP) is 2.39. The van der Waals surface area contributed by atoms with Crippen molar-refractivity contribution in [1.82, 2.24) is 10.3 Å². The van der Waals surface area contributed by atoms with Gasteiger partial charge in [0.05, 0.1) is 11.5 Å². The van der Waals surface area contributed by atoms with E-state index in [-0.39, 0.29) is 24.0 Å². The maximum atomic E-state index is 12.2. The zero-order valence-electron chi connectivity index (χ0n) is 13.0. The number of ether oxygens (including phenoxy) is 1. The quantitative estimate of drug-likeness (QED) is 0.870. The third-order valence-corrected chi connectivity index (χ3v) is 4.71. The molecule has 2 aliphatic rings. The average molecular weight is 318 g/mol. The van der Waals surface area contributed by atoms with Crippen molar-refractivity contribution >= 4 is 11.9 Å². The van der Waals surface area contributed by atoms with Crippen LogP contribution in [-0.4, -0.2) is 34.1 Å². The van der Waals surface area contributed by atoms with Crippen molar-refractivity contribution in [2.75, 3.05) is 0 Å². The number of aliphatic carboxylic acids is 1. The van der Waals surface area contributed by atoms with E-state index < -0.39 is 5.97 Å². The van der Waals surface area contributed by atoms with Gasteiger partial charge in [-0.3, -0.25) is 9.59 Å². The van der Waals surface area contributed by atoms with Gasteiger partial charge in [0, 0.05) is 18.3 Å². The first-order chi connectivity index (χ1) is 11.1. The highest BCUT2D eigenvalue weighted by Crippen LogP contribution is 2.26. The van der Waals surface area contributed by atoms with Crippen LogP contribution in [0.25, 0.3) is 0 Å². The lowest BCUT2D eigenvalue weighted by atomic mass is 10.1. The molecule has 0 aromatic carbocycles. The van der Waals surface area contributed by atoms with E-state index in [9.17, 15) is 9.59 Å². The van der Waals surface area contributed by atoms with Gasteiger partial charge in [0.15, 0.2) is 0 Å². The van der Waals surface area contributed by atoms with Crippen molar-refractivity contribution in [2.24, 2.45) is 5.92 Å². The van der Waals surface area contributed by atoms with Gasteiger partial charge in [-0.2, -0.15) is 0 Å². The zero-order chi connectivity index (χ0) is 16.2. The lowest BCUT2D eigenvalue weighted by molar-refractivity contribution is -0.141. The molecule has 2 fully saturated rings. The number of rotatable bonds is 5. The number of amides is 1. The molecule has 1 heterocycles. The molecule has 1 aromatic rings. The first kappa shape index (κ1) is 15.8. The van der Waals surface area contributed by atoms with Gasteiger partial charge in [-0.15, -0.1) is 0 Å². The summed E-state index contributed by atoms with van der Waals surface area (Å²) >= 11 is 0. The number of hydrogen-bond acceptors (Lipinski definition) is 4. The minimum absolute atomic E-state index is 0.0713. The van der Waals surface area contributed by atoms with Gasteiger partial charge in [-0.1, -0.05) is 0 Å². The molecular formula is C17H22N2O4. The zero-order valence-corrected chi connectivity index (χ0v) is 13.0. The summed E-state index contributed by atoms with van der Waals surface area (Å²) in [6.45, 7) is 0. The second kappa shape index (κ2) is 6.98. The smallest absolute Gasteiger partial charge is 0.306 e. The Kier molecular flexibility index (Phi) is 4.79. The van der Waals surface area contributed by atoms with Crippen molar-refractivity contribution in [3.05, 3.63) is 23.9 Å². The fourth-order valence-electron chi connectivity index (χ4n) is 3.37. The van der Waals surface area contributed by atoms with Crippen molar-refractivity contribution in [3.8, 4) is 5.88 Å². The van der Waals surface area contributed by atoms with Crippen LogP contribution >= 0.6 is 0 Å². The van der Waals surface area contributed by atoms with E-state index >= 15 is 0 Å². The molecule has 0 unspecified atom stereocenters. The Morgan fingerprint density at radius 1 is 1.17 bits per heavy atom. The number of nitrogens with one attached hydrogen (secondary N) is 1. The second-order valence-corrected chi connectivity index (χ2v) is 6.43. The van der Waals surface area contributed by atoms with Crippen LogP contribution in [0.1, 0.15) is 55.3 Å². The normalized spacial score (nSPS) is 24.5. The van der Waals surface area contributed by atoms with E-state index in [1.807, 2.05) is 0 Å². The Bertz CT molecular complexity index is 566. The van der Waals surface area contributed by atoms with Crippen LogP contribution < -0.4 is 10.1 Å². The summed E-state index contributed by atoms with van der Waals surface area (Å²) in [5.74, 6) is -0.779. The first-order valence-corrected chi connectivity index (χ1v) is 8.28. The lowest BCUT2D eigenvalue weighted by Crippen LogP contribution is -2.33. The predicted molar refractivity (Wildman–Crippen MR) is 83.4 cm³/mol. The molecule has 0 aliphatic heterocycles. The minimum Gasteiger partial charge on any atom is -0.481 e. The Morgan fingerprint density at radius 3 is 2.57 bits per heavy atom. The standard InChI is InChI=1S/C17H22N2O4/c20-16(19-13-7-5-11(9-13)17(21)22)12-6-8-15(18-10-12)23-14-3-1-2-4-14/h6,8,10-11,13-14H,1-5,7,9H2,(H,19,20)(H,21,22)/t11-,13+/m0/s1. The molecule has 0 spiro atoms. The van der Waals surface area contributed by atoms with Crippen LogP contribution in [0.4, 0.5) is 0 Å². The van der Waals surface area contributed by atoms with Gasteiger partial charge in [0.2, 0.25) is 5.88 Å². The summed E-state index contributed by atoms with van der Waals surface area (Å²) in [6.07, 6.45) is 8.11. The van der Waals surface area contributed by atoms with Crippen LogP contribution in [-0.2, 0) is 4.79 Å². The Hall–Kier alpha value is -2.11. The number of hydrogen-bond donors (Lipinski definition) is 2. The number of carboxylic acids is 1. The second-order valence-electron chi connectivity index (χ2n) is 6.43. The van der Waals surface area contributed by atoms with Crippen molar-refractivity contribution in [3.63, 3.8) is 0 Å². The third-order valence-electron chi connectivity index (χ3n) is 4.71. The lowest BCUT2D eigenvalue weighted by Gasteiger charge is -2.14. The fraction of sp³-hybridized carbons (Fsp3) is 0.588. The fourth-order valence-corrected chi connectivity index (χ4v) is 3.37. The molecule has 0 saturated heterocycles. The number of carboxylic acid groups (broad SMARTS) is 1. The number of nitrogens with zero attached hydrogens (tertiary/aromatic N) is 1. The van der Waals surface area contributed by atoms with Crippen molar-refractivity contribution in [1.29, 1.82) is 0 Å². The largest absolute Gasteiger partial charge is 0.481 e. The molecule has 3 rings (SSSR count). The van der Waals surface area contributed by atoms with Crippen LogP contribution in [0.3, 0.4) is 0 Å². The number of pyridine rings is 1. The summed E-state index contributed by atoms with van der Waals surface area (Å²) in [5.41, 5.74) is 0.475. The van der Waals surface area contributed by atoms with E-state index in [1.165, 1.54) is 19.0 Å². The van der Waals surface area contributed by atoms with Gasteiger partial charge in [0.25, 0.3) is 5.91 Å². The van der Waals surface area contributed by atoms with E-state index in [0.29, 0.717) is 30.7 Å². The van der Waals surface area contributed by atoms with Crippen LogP contribution in [0.5, 0.6) is 5.88 Å². The van der Waals surface area contributed by atoms with Gasteiger partial charge in [-0.25, -0.2) is 4.98 Å². The van der Waals surface area contributed by atoms with Crippen LogP contribution in [0.2, 0.25) is 0 Å². The Balaban J connectivity index is 1.52. The molecule has 1 aromatic heterocycles. The van der Waals surface area contributed by atoms with Gasteiger partial charge < -0.3 is 15.2 Å². The Morgan fingerprint density at radius 2 is 1.96 bits per heavy atom.